The Morgan fingerprint density at radius 3 is 2.25 bits per heavy atom. The van der Waals surface area contributed by atoms with Crippen LogP contribution in [0.2, 0.25) is 0 Å². The lowest BCUT2D eigenvalue weighted by molar-refractivity contribution is 0.251. The van der Waals surface area contributed by atoms with E-state index in [9.17, 15) is 13.2 Å². The zero-order valence-electron chi connectivity index (χ0n) is 15.2. The Bertz CT molecular complexity index is 1020. The average molecular weight is 396 g/mol. The van der Waals surface area contributed by atoms with E-state index in [0.29, 0.717) is 17.9 Å². The van der Waals surface area contributed by atoms with Gasteiger partial charge in [-0.2, -0.15) is 0 Å². The van der Waals surface area contributed by atoms with E-state index in [1.807, 2.05) is 12.1 Å². The summed E-state index contributed by atoms with van der Waals surface area (Å²) in [6, 6.07) is 18.1. The van der Waals surface area contributed by atoms with Crippen molar-refractivity contribution in [1.29, 1.82) is 0 Å². The number of hydrogen-bond acceptors (Lipinski definition) is 4. The van der Waals surface area contributed by atoms with Gasteiger partial charge in [-0.1, -0.05) is 18.2 Å². The topological polar surface area (TPSA) is 91.4 Å². The maximum Gasteiger partial charge on any atom is 0.319 e. The van der Waals surface area contributed by atoms with Crippen LogP contribution in [0.25, 0.3) is 0 Å². The number of anilines is 2. The number of hydrogen-bond donors (Lipinski definition) is 2. The van der Waals surface area contributed by atoms with Gasteiger partial charge in [0.1, 0.15) is 0 Å². The molecule has 0 saturated heterocycles. The monoisotopic (exact) mass is 396 g/mol. The van der Waals surface area contributed by atoms with Crippen molar-refractivity contribution in [2.24, 2.45) is 0 Å². The Balaban J connectivity index is 1.62. The highest BCUT2D eigenvalue weighted by Crippen LogP contribution is 2.23. The van der Waals surface area contributed by atoms with Crippen LogP contribution < -0.4 is 14.9 Å². The molecule has 0 spiro atoms. The second-order valence-corrected chi connectivity index (χ2v) is 7.96. The summed E-state index contributed by atoms with van der Waals surface area (Å²) in [5.41, 5.74) is 1.99. The first-order valence-electron chi connectivity index (χ1n) is 8.54. The van der Waals surface area contributed by atoms with E-state index in [-0.39, 0.29) is 10.9 Å². The summed E-state index contributed by atoms with van der Waals surface area (Å²) in [5, 5.41) is 5.46. The minimum absolute atomic E-state index is 0.218. The summed E-state index contributed by atoms with van der Waals surface area (Å²) in [4.78, 5) is 16.1. The fourth-order valence-corrected chi connectivity index (χ4v) is 3.72. The third-order valence-electron chi connectivity index (χ3n) is 4.09. The summed E-state index contributed by atoms with van der Waals surface area (Å²) in [6.45, 7) is 0.379. The SMILES string of the molecule is CN(c1ccc(NC(=O)NCc2ccncc2)cc1)S(=O)(=O)c1ccccc1. The van der Waals surface area contributed by atoms with E-state index in [1.165, 1.54) is 11.4 Å². The number of aromatic nitrogens is 1. The predicted octanol–water partition coefficient (Wildman–Crippen LogP) is 3.23. The van der Waals surface area contributed by atoms with Crippen LogP contribution in [0.15, 0.2) is 84.0 Å². The number of rotatable bonds is 6. The van der Waals surface area contributed by atoms with Gasteiger partial charge in [-0.15, -0.1) is 0 Å². The van der Waals surface area contributed by atoms with Crippen molar-refractivity contribution in [3.8, 4) is 0 Å². The average Bonchev–Trinajstić information content (AvgIpc) is 2.73. The molecule has 28 heavy (non-hydrogen) atoms. The Morgan fingerprint density at radius 2 is 1.61 bits per heavy atom. The number of carbonyl (C=O) groups is 1. The number of nitrogens with zero attached hydrogens (tertiary/aromatic N) is 2. The number of urea groups is 1. The number of pyridine rings is 1. The number of carbonyl (C=O) groups excluding carboxylic acids is 1. The van der Waals surface area contributed by atoms with Crippen molar-refractivity contribution in [2.45, 2.75) is 11.4 Å². The molecule has 0 aliphatic heterocycles. The largest absolute Gasteiger partial charge is 0.334 e. The van der Waals surface area contributed by atoms with Gasteiger partial charge in [0.25, 0.3) is 10.0 Å². The first-order valence-corrected chi connectivity index (χ1v) is 9.98. The Hall–Kier alpha value is -3.39. The van der Waals surface area contributed by atoms with Crippen LogP contribution in [0.3, 0.4) is 0 Å². The second kappa shape index (κ2) is 8.53. The van der Waals surface area contributed by atoms with Gasteiger partial charge in [0.15, 0.2) is 0 Å². The van der Waals surface area contributed by atoms with Gasteiger partial charge in [-0.25, -0.2) is 13.2 Å². The zero-order valence-corrected chi connectivity index (χ0v) is 16.1. The molecule has 2 amide bonds. The molecule has 2 N–H and O–H groups in total. The van der Waals surface area contributed by atoms with Crippen molar-refractivity contribution in [3.05, 3.63) is 84.7 Å². The Morgan fingerprint density at radius 1 is 0.964 bits per heavy atom. The molecule has 8 heteroatoms. The zero-order chi connectivity index (χ0) is 20.0. The standard InChI is InChI=1S/C20H20N4O3S/c1-24(28(26,27)19-5-3-2-4-6-19)18-9-7-17(8-10-18)23-20(25)22-15-16-11-13-21-14-12-16/h2-14H,15H2,1H3,(H2,22,23,25). The fourth-order valence-electron chi connectivity index (χ4n) is 2.50. The minimum Gasteiger partial charge on any atom is -0.334 e. The molecule has 0 saturated carbocycles. The minimum atomic E-state index is -3.64. The molecule has 0 fully saturated rings. The van der Waals surface area contributed by atoms with Gasteiger partial charge in [0.2, 0.25) is 0 Å². The summed E-state index contributed by atoms with van der Waals surface area (Å²) in [5.74, 6) is 0. The number of amides is 2. The Kier molecular flexibility index (Phi) is 5.90. The fraction of sp³-hybridized carbons (Fsp3) is 0.100. The molecule has 0 aliphatic rings. The maximum absolute atomic E-state index is 12.7. The summed E-state index contributed by atoms with van der Waals surface area (Å²) in [6.07, 6.45) is 3.32. The smallest absolute Gasteiger partial charge is 0.319 e. The van der Waals surface area contributed by atoms with Crippen LogP contribution in [0.1, 0.15) is 5.56 Å². The van der Waals surface area contributed by atoms with Gasteiger partial charge in [0.05, 0.1) is 10.6 Å². The molecule has 1 aromatic heterocycles. The molecule has 0 unspecified atom stereocenters. The van der Waals surface area contributed by atoms with Crippen LogP contribution in [0.4, 0.5) is 16.2 Å². The van der Waals surface area contributed by atoms with Gasteiger partial charge in [0, 0.05) is 31.7 Å². The van der Waals surface area contributed by atoms with E-state index in [0.717, 1.165) is 5.56 Å². The molecule has 1 heterocycles. The highest BCUT2D eigenvalue weighted by molar-refractivity contribution is 7.92. The lowest BCUT2D eigenvalue weighted by atomic mass is 10.2. The maximum atomic E-state index is 12.7. The molecule has 3 rings (SSSR count). The predicted molar refractivity (Wildman–Crippen MR) is 109 cm³/mol. The molecule has 0 radical (unpaired) electrons. The molecule has 144 valence electrons. The lowest BCUT2D eigenvalue weighted by Gasteiger charge is -2.20. The first-order chi connectivity index (χ1) is 13.5. The number of benzene rings is 2. The lowest BCUT2D eigenvalue weighted by Crippen LogP contribution is -2.28. The van der Waals surface area contributed by atoms with Crippen molar-refractivity contribution in [3.63, 3.8) is 0 Å². The Labute approximate surface area is 164 Å². The van der Waals surface area contributed by atoms with Crippen LogP contribution >= 0.6 is 0 Å². The normalized spacial score (nSPS) is 10.9. The van der Waals surface area contributed by atoms with Crippen LogP contribution in [-0.4, -0.2) is 26.5 Å². The van der Waals surface area contributed by atoms with Gasteiger partial charge >= 0.3 is 6.03 Å². The quantitative estimate of drug-likeness (QED) is 0.669. The van der Waals surface area contributed by atoms with Crippen molar-refractivity contribution in [2.75, 3.05) is 16.7 Å². The van der Waals surface area contributed by atoms with E-state index in [4.69, 9.17) is 0 Å². The van der Waals surface area contributed by atoms with E-state index < -0.39 is 10.0 Å². The second-order valence-electron chi connectivity index (χ2n) is 6.00. The molecule has 0 bridgehead atoms. The third kappa shape index (κ3) is 4.66. The highest BCUT2D eigenvalue weighted by Gasteiger charge is 2.20. The van der Waals surface area contributed by atoms with Gasteiger partial charge < -0.3 is 10.6 Å². The highest BCUT2D eigenvalue weighted by atomic mass is 32.2. The number of sulfonamides is 1. The molecule has 7 nitrogen and oxygen atoms in total. The van der Waals surface area contributed by atoms with Crippen molar-refractivity contribution < 1.29 is 13.2 Å². The summed E-state index contributed by atoms with van der Waals surface area (Å²) >= 11 is 0. The molecule has 3 aromatic rings. The molecule has 0 atom stereocenters. The molecule has 0 aliphatic carbocycles. The van der Waals surface area contributed by atoms with E-state index in [1.54, 1.807) is 67.0 Å². The molecule has 2 aromatic carbocycles. The van der Waals surface area contributed by atoms with E-state index in [2.05, 4.69) is 15.6 Å². The van der Waals surface area contributed by atoms with Gasteiger partial charge in [-0.05, 0) is 54.1 Å². The van der Waals surface area contributed by atoms with E-state index >= 15 is 0 Å². The molecular formula is C20H20N4O3S. The van der Waals surface area contributed by atoms with Crippen LogP contribution in [-0.2, 0) is 16.6 Å². The summed E-state index contributed by atoms with van der Waals surface area (Å²) < 4.78 is 26.5. The number of nitrogens with one attached hydrogen (secondary N) is 2. The van der Waals surface area contributed by atoms with Crippen LogP contribution in [0.5, 0.6) is 0 Å². The third-order valence-corrected chi connectivity index (χ3v) is 5.89. The molecular weight excluding hydrogens is 376 g/mol. The van der Waals surface area contributed by atoms with Crippen molar-refractivity contribution >= 4 is 27.4 Å². The van der Waals surface area contributed by atoms with Crippen molar-refractivity contribution in [1.82, 2.24) is 10.3 Å². The van der Waals surface area contributed by atoms with Crippen LogP contribution in [0, 0.1) is 0 Å². The summed E-state index contributed by atoms with van der Waals surface area (Å²) in [7, 11) is -2.15. The first kappa shape index (κ1) is 19.4. The van der Waals surface area contributed by atoms with Gasteiger partial charge in [-0.3, -0.25) is 9.29 Å².